The number of nitrogens with one attached hydrogen (secondary N) is 2. The maximum absolute atomic E-state index is 11.6. The average molecular weight is 394 g/mol. The first-order valence-corrected chi connectivity index (χ1v) is 9.31. The molecule has 0 aromatic heterocycles. The van der Waals surface area contributed by atoms with Gasteiger partial charge in [0.15, 0.2) is 0 Å². The standard InChI is InChI=1S/C20H30N2O6/c1-20(2,3)28-19(27)21-12-8-7-11-15(17(23)24)22-16(18(25)26)13-14-9-5-4-6-10-14/h4-6,9-10,15-16,22H,7-8,11-13H2,1-3H3,(H,21,27)(H,23,24)(H,25,26). The number of carbonyl (C=O) groups is 3. The Kier molecular flexibility index (Phi) is 9.44. The zero-order valence-electron chi connectivity index (χ0n) is 16.6. The third kappa shape index (κ3) is 9.91. The maximum atomic E-state index is 11.6. The first kappa shape index (κ1) is 23.4. The minimum atomic E-state index is -1.10. The lowest BCUT2D eigenvalue weighted by Gasteiger charge is -2.21. The van der Waals surface area contributed by atoms with E-state index in [2.05, 4.69) is 10.6 Å². The monoisotopic (exact) mass is 394 g/mol. The fourth-order valence-corrected chi connectivity index (χ4v) is 2.57. The Morgan fingerprint density at radius 1 is 1.00 bits per heavy atom. The van der Waals surface area contributed by atoms with Crippen molar-refractivity contribution in [3.63, 3.8) is 0 Å². The summed E-state index contributed by atoms with van der Waals surface area (Å²) >= 11 is 0. The summed E-state index contributed by atoms with van der Waals surface area (Å²) in [6.07, 6.45) is 0.997. The molecule has 0 saturated heterocycles. The van der Waals surface area contributed by atoms with E-state index in [9.17, 15) is 24.6 Å². The summed E-state index contributed by atoms with van der Waals surface area (Å²) in [4.78, 5) is 34.6. The fraction of sp³-hybridized carbons (Fsp3) is 0.550. The van der Waals surface area contributed by atoms with Crippen LogP contribution in [0.4, 0.5) is 4.79 Å². The highest BCUT2D eigenvalue weighted by Gasteiger charge is 2.26. The van der Waals surface area contributed by atoms with Crippen LogP contribution in [0.15, 0.2) is 30.3 Å². The van der Waals surface area contributed by atoms with Crippen molar-refractivity contribution in [2.45, 2.75) is 64.1 Å². The van der Waals surface area contributed by atoms with E-state index in [-0.39, 0.29) is 12.8 Å². The molecule has 8 heteroatoms. The molecule has 1 aromatic rings. The van der Waals surface area contributed by atoms with Crippen LogP contribution in [0.1, 0.15) is 45.6 Å². The second-order valence-electron chi connectivity index (χ2n) is 7.56. The van der Waals surface area contributed by atoms with Crippen LogP contribution in [0.25, 0.3) is 0 Å². The zero-order valence-corrected chi connectivity index (χ0v) is 16.6. The molecule has 8 nitrogen and oxygen atoms in total. The van der Waals surface area contributed by atoms with Crippen molar-refractivity contribution in [2.75, 3.05) is 6.54 Å². The Morgan fingerprint density at radius 3 is 2.14 bits per heavy atom. The van der Waals surface area contributed by atoms with Crippen LogP contribution in [0.3, 0.4) is 0 Å². The Morgan fingerprint density at radius 2 is 1.61 bits per heavy atom. The number of benzene rings is 1. The Bertz CT molecular complexity index is 642. The molecular formula is C20H30N2O6. The van der Waals surface area contributed by atoms with Gasteiger partial charge in [-0.05, 0) is 52.0 Å². The molecule has 0 spiro atoms. The van der Waals surface area contributed by atoms with Gasteiger partial charge in [0.2, 0.25) is 0 Å². The van der Waals surface area contributed by atoms with E-state index in [0.717, 1.165) is 5.56 Å². The number of carbonyl (C=O) groups excluding carboxylic acids is 1. The number of rotatable bonds is 11. The van der Waals surface area contributed by atoms with Gasteiger partial charge in [-0.15, -0.1) is 0 Å². The van der Waals surface area contributed by atoms with Crippen molar-refractivity contribution >= 4 is 18.0 Å². The first-order valence-electron chi connectivity index (χ1n) is 9.31. The fourth-order valence-electron chi connectivity index (χ4n) is 2.57. The van der Waals surface area contributed by atoms with Crippen LogP contribution in [0, 0.1) is 0 Å². The molecule has 2 atom stereocenters. The van der Waals surface area contributed by atoms with Gasteiger partial charge in [-0.25, -0.2) is 4.79 Å². The molecule has 1 amide bonds. The maximum Gasteiger partial charge on any atom is 0.407 e. The predicted octanol–water partition coefficient (Wildman–Crippen LogP) is 2.42. The molecule has 0 radical (unpaired) electrons. The summed E-state index contributed by atoms with van der Waals surface area (Å²) in [5.41, 5.74) is 0.237. The Balaban J connectivity index is 2.45. The van der Waals surface area contributed by atoms with E-state index >= 15 is 0 Å². The van der Waals surface area contributed by atoms with Gasteiger partial charge in [-0.1, -0.05) is 30.3 Å². The van der Waals surface area contributed by atoms with Crippen LogP contribution >= 0.6 is 0 Å². The van der Waals surface area contributed by atoms with Gasteiger partial charge in [-0.2, -0.15) is 0 Å². The quantitative estimate of drug-likeness (QED) is 0.425. The molecule has 0 bridgehead atoms. The summed E-state index contributed by atoms with van der Waals surface area (Å²) in [6.45, 7) is 5.66. The van der Waals surface area contributed by atoms with Crippen molar-refractivity contribution < 1.29 is 29.3 Å². The lowest BCUT2D eigenvalue weighted by Crippen LogP contribution is -2.48. The van der Waals surface area contributed by atoms with Gasteiger partial charge in [0.1, 0.15) is 17.7 Å². The van der Waals surface area contributed by atoms with Gasteiger partial charge in [-0.3, -0.25) is 14.9 Å². The summed E-state index contributed by atoms with van der Waals surface area (Å²) in [6, 6.07) is 7.07. The van der Waals surface area contributed by atoms with Gasteiger partial charge in [0.25, 0.3) is 0 Å². The Hall–Kier alpha value is -2.61. The van der Waals surface area contributed by atoms with Crippen LogP contribution in [0.2, 0.25) is 0 Å². The van der Waals surface area contributed by atoms with Crippen molar-refractivity contribution in [1.82, 2.24) is 10.6 Å². The third-order valence-electron chi connectivity index (χ3n) is 3.87. The molecule has 1 rings (SSSR count). The smallest absolute Gasteiger partial charge is 0.407 e. The third-order valence-corrected chi connectivity index (χ3v) is 3.87. The van der Waals surface area contributed by atoms with E-state index < -0.39 is 35.7 Å². The number of carboxylic acid groups (broad SMARTS) is 2. The molecule has 0 aliphatic carbocycles. The van der Waals surface area contributed by atoms with Gasteiger partial charge >= 0.3 is 18.0 Å². The van der Waals surface area contributed by atoms with Crippen molar-refractivity contribution in [1.29, 1.82) is 0 Å². The Labute approximate surface area is 165 Å². The van der Waals surface area contributed by atoms with Gasteiger partial charge in [0.05, 0.1) is 0 Å². The number of hydrogen-bond acceptors (Lipinski definition) is 5. The lowest BCUT2D eigenvalue weighted by molar-refractivity contribution is -0.142. The number of carboxylic acids is 2. The van der Waals surface area contributed by atoms with E-state index in [4.69, 9.17) is 4.74 Å². The predicted molar refractivity (Wildman–Crippen MR) is 104 cm³/mol. The largest absolute Gasteiger partial charge is 0.480 e. The summed E-state index contributed by atoms with van der Waals surface area (Å²) in [7, 11) is 0. The number of aliphatic carboxylic acids is 2. The van der Waals surface area contributed by atoms with Crippen molar-refractivity contribution in [2.24, 2.45) is 0 Å². The summed E-state index contributed by atoms with van der Waals surface area (Å²) in [5, 5.41) is 24.1. The second-order valence-corrected chi connectivity index (χ2v) is 7.56. The van der Waals surface area contributed by atoms with E-state index in [1.165, 1.54) is 0 Å². The lowest BCUT2D eigenvalue weighted by atomic mass is 10.0. The molecule has 0 fully saturated rings. The number of ether oxygens (including phenoxy) is 1. The topological polar surface area (TPSA) is 125 Å². The van der Waals surface area contributed by atoms with Crippen LogP contribution < -0.4 is 10.6 Å². The molecule has 28 heavy (non-hydrogen) atoms. The number of hydrogen-bond donors (Lipinski definition) is 4. The van der Waals surface area contributed by atoms with Gasteiger partial charge in [0, 0.05) is 6.54 Å². The minimum Gasteiger partial charge on any atom is -0.480 e. The SMILES string of the molecule is CC(C)(C)OC(=O)NCCCCC(NC(Cc1ccccc1)C(=O)O)C(=O)O. The zero-order chi connectivity index (χ0) is 21.2. The van der Waals surface area contributed by atoms with Crippen molar-refractivity contribution in [3.05, 3.63) is 35.9 Å². The van der Waals surface area contributed by atoms with E-state index in [1.54, 1.807) is 45.0 Å². The number of alkyl carbamates (subject to hydrolysis) is 1. The molecule has 0 saturated carbocycles. The molecule has 0 heterocycles. The molecule has 4 N–H and O–H groups in total. The van der Waals surface area contributed by atoms with Crippen LogP contribution in [-0.2, 0) is 20.7 Å². The molecule has 156 valence electrons. The van der Waals surface area contributed by atoms with Crippen LogP contribution in [-0.4, -0.2) is 52.5 Å². The highest BCUT2D eigenvalue weighted by Crippen LogP contribution is 2.09. The second kappa shape index (κ2) is 11.3. The number of unbranched alkanes of at least 4 members (excludes halogenated alkanes) is 1. The molecular weight excluding hydrogens is 364 g/mol. The average Bonchev–Trinajstić information content (AvgIpc) is 2.58. The molecule has 0 aliphatic heterocycles. The number of amides is 1. The summed E-state index contributed by atoms with van der Waals surface area (Å²) in [5.74, 6) is -2.19. The first-order chi connectivity index (χ1) is 13.1. The summed E-state index contributed by atoms with van der Waals surface area (Å²) < 4.78 is 5.12. The molecule has 1 aromatic carbocycles. The van der Waals surface area contributed by atoms with Crippen LogP contribution in [0.5, 0.6) is 0 Å². The van der Waals surface area contributed by atoms with Crippen molar-refractivity contribution in [3.8, 4) is 0 Å². The highest BCUT2D eigenvalue weighted by molar-refractivity contribution is 5.77. The normalized spacial score (nSPS) is 13.4. The molecule has 2 unspecified atom stereocenters. The van der Waals surface area contributed by atoms with E-state index in [1.807, 2.05) is 6.07 Å². The van der Waals surface area contributed by atoms with E-state index in [0.29, 0.717) is 19.4 Å². The molecule has 0 aliphatic rings. The van der Waals surface area contributed by atoms with Gasteiger partial charge < -0.3 is 20.3 Å². The minimum absolute atomic E-state index is 0.195. The highest BCUT2D eigenvalue weighted by atomic mass is 16.6.